The summed E-state index contributed by atoms with van der Waals surface area (Å²) in [5.74, 6) is 0. The van der Waals surface area contributed by atoms with E-state index in [9.17, 15) is 0 Å². The van der Waals surface area contributed by atoms with Gasteiger partial charge in [0.15, 0.2) is 0 Å². The van der Waals surface area contributed by atoms with Gasteiger partial charge in [-0.15, -0.1) is 0 Å². The van der Waals surface area contributed by atoms with Crippen LogP contribution in [0.25, 0.3) is 0 Å². The van der Waals surface area contributed by atoms with Crippen LogP contribution < -0.4 is 0 Å². The number of rotatable bonds is 0. The van der Waals surface area contributed by atoms with E-state index in [4.69, 9.17) is 11.4 Å². The Hall–Kier alpha value is 1.39. The molecular formula is HErO3V. The second-order valence-corrected chi connectivity index (χ2v) is 0.981. The Bertz CT molecular complexity index is 55.3. The fourth-order valence-corrected chi connectivity index (χ4v) is 0. The second kappa shape index (κ2) is 5.39. The molecule has 0 aromatic rings. The van der Waals surface area contributed by atoms with Gasteiger partial charge in [-0.05, 0) is 0 Å². The van der Waals surface area contributed by atoms with E-state index in [1.165, 1.54) is 0 Å². The van der Waals surface area contributed by atoms with Crippen LogP contribution in [0.2, 0.25) is 0 Å². The predicted molar refractivity (Wildman–Crippen MR) is 3.59 cm³/mol. The van der Waals surface area contributed by atoms with Crippen LogP contribution in [0.3, 0.4) is 0 Å². The molecule has 0 heterocycles. The van der Waals surface area contributed by atoms with E-state index in [1.54, 1.807) is 0 Å². The summed E-state index contributed by atoms with van der Waals surface area (Å²) in [6, 6.07) is 0. The second-order valence-electron chi connectivity index (χ2n) is 0.238. The molecule has 0 bridgehead atoms. The molecule has 0 saturated carbocycles. The van der Waals surface area contributed by atoms with E-state index >= 15 is 0 Å². The molecule has 0 aliphatic rings. The van der Waals surface area contributed by atoms with Crippen molar-refractivity contribution in [1.82, 2.24) is 0 Å². The Morgan fingerprint density at radius 3 is 1.40 bits per heavy atom. The summed E-state index contributed by atoms with van der Waals surface area (Å²) < 4.78 is 24.4. The van der Waals surface area contributed by atoms with Crippen LogP contribution in [0.5, 0.6) is 0 Å². The van der Waals surface area contributed by atoms with Gasteiger partial charge in [-0.25, -0.2) is 0 Å². The summed E-state index contributed by atoms with van der Waals surface area (Å²) in [6.45, 7) is 0. The standard InChI is InChI=1S/Er.H2O.2O.V/h;1H2;;;/q;;;;+1/p-1. The Morgan fingerprint density at radius 1 is 1.40 bits per heavy atom. The minimum atomic E-state index is -3.69. The predicted octanol–water partition coefficient (Wildman–Crippen LogP) is -0.797. The van der Waals surface area contributed by atoms with Crippen LogP contribution in [0, 0.1) is 37.3 Å². The maximum absolute atomic E-state index is 8.67. The van der Waals surface area contributed by atoms with Gasteiger partial charge in [0.1, 0.15) is 0 Å². The summed E-state index contributed by atoms with van der Waals surface area (Å²) in [4.78, 5) is 0. The van der Waals surface area contributed by atoms with Crippen molar-refractivity contribution < 1.29 is 64.1 Å². The third-order valence-electron chi connectivity index (χ3n) is 0. The first-order chi connectivity index (χ1) is 1.73. The Labute approximate surface area is 63.3 Å². The van der Waals surface area contributed by atoms with Crippen LogP contribution in [0.4, 0.5) is 0 Å². The SMILES string of the molecule is [Er].[O]=[V](=[O])[OH]. The molecule has 0 amide bonds. The third-order valence-corrected chi connectivity index (χ3v) is 0. The zero-order valence-corrected chi connectivity index (χ0v) is 5.25. The van der Waals surface area contributed by atoms with E-state index in [2.05, 4.69) is 0 Å². The van der Waals surface area contributed by atoms with E-state index in [0.717, 1.165) is 0 Å². The molecule has 0 aliphatic heterocycles. The van der Waals surface area contributed by atoms with E-state index in [0.29, 0.717) is 0 Å². The molecule has 0 aromatic carbocycles. The fourth-order valence-electron chi connectivity index (χ4n) is 0. The maximum atomic E-state index is 8.67. The van der Waals surface area contributed by atoms with Crippen molar-refractivity contribution >= 4 is 0 Å². The van der Waals surface area contributed by atoms with Crippen molar-refractivity contribution in [2.45, 2.75) is 0 Å². The molecular weight excluding hydrogens is 266 g/mol. The number of hydrogen-bond acceptors (Lipinski definition) is 2. The molecule has 3 nitrogen and oxygen atoms in total. The molecule has 0 aromatic heterocycles. The van der Waals surface area contributed by atoms with Gasteiger partial charge in [-0.1, -0.05) is 0 Å². The van der Waals surface area contributed by atoms with Crippen molar-refractivity contribution in [2.75, 3.05) is 0 Å². The van der Waals surface area contributed by atoms with Gasteiger partial charge in [-0.3, -0.25) is 0 Å². The molecule has 0 aliphatic carbocycles. The monoisotopic (exact) mass is 266 g/mol. The Kier molecular flexibility index (Phi) is 10.4. The Morgan fingerprint density at radius 2 is 1.40 bits per heavy atom. The van der Waals surface area contributed by atoms with Gasteiger partial charge in [0.05, 0.1) is 0 Å². The molecule has 0 rings (SSSR count). The first kappa shape index (κ1) is 9.63. The Balaban J connectivity index is 0. The van der Waals surface area contributed by atoms with Gasteiger partial charge >= 0.3 is 26.8 Å². The van der Waals surface area contributed by atoms with Crippen LogP contribution in [-0.2, 0) is 22.7 Å². The summed E-state index contributed by atoms with van der Waals surface area (Å²) in [5.41, 5.74) is 0. The van der Waals surface area contributed by atoms with E-state index in [-0.39, 0.29) is 37.3 Å². The fraction of sp³-hybridized carbons (Fsp3) is 0. The molecule has 36 valence electrons. The van der Waals surface area contributed by atoms with Gasteiger partial charge in [0.2, 0.25) is 0 Å². The van der Waals surface area contributed by atoms with Crippen LogP contribution >= 0.6 is 0 Å². The van der Waals surface area contributed by atoms with Crippen LogP contribution in [-0.4, -0.2) is 4.03 Å². The molecule has 0 atom stereocenters. The molecule has 0 unspecified atom stereocenters. The number of hydrogen-bond donors (Lipinski definition) is 1. The van der Waals surface area contributed by atoms with Crippen molar-refractivity contribution in [2.24, 2.45) is 0 Å². The summed E-state index contributed by atoms with van der Waals surface area (Å²) in [6.07, 6.45) is 0. The topological polar surface area (TPSA) is 54.4 Å². The van der Waals surface area contributed by atoms with Gasteiger partial charge < -0.3 is 0 Å². The van der Waals surface area contributed by atoms with Crippen molar-refractivity contribution in [3.8, 4) is 0 Å². The van der Waals surface area contributed by atoms with E-state index in [1.807, 2.05) is 0 Å². The zero-order chi connectivity index (χ0) is 3.58. The zero-order valence-electron chi connectivity index (χ0n) is 2.00. The minimum absolute atomic E-state index is 0. The quantitative estimate of drug-likeness (QED) is 0.625. The molecule has 0 spiro atoms. The molecule has 1 N–H and O–H groups in total. The van der Waals surface area contributed by atoms with E-state index < -0.39 is 15.4 Å². The normalized spacial score (nSPS) is 5.00. The van der Waals surface area contributed by atoms with Crippen LogP contribution in [0.1, 0.15) is 0 Å². The van der Waals surface area contributed by atoms with Crippen molar-refractivity contribution in [1.29, 1.82) is 0 Å². The summed E-state index contributed by atoms with van der Waals surface area (Å²) in [7, 11) is 0. The average Bonchev–Trinajstić information content (AvgIpc) is 0.811. The summed E-state index contributed by atoms with van der Waals surface area (Å²) in [5, 5.41) is 0. The van der Waals surface area contributed by atoms with Crippen molar-refractivity contribution in [3.05, 3.63) is 0 Å². The molecule has 5 heteroatoms. The van der Waals surface area contributed by atoms with Crippen LogP contribution in [0.15, 0.2) is 0 Å². The molecule has 0 fully saturated rings. The first-order valence-corrected chi connectivity index (χ1v) is 2.33. The average molecular weight is 267 g/mol. The van der Waals surface area contributed by atoms with Gasteiger partial charge in [-0.2, -0.15) is 0 Å². The first-order valence-electron chi connectivity index (χ1n) is 0.565. The molecule has 5 heavy (non-hydrogen) atoms. The molecule has 0 saturated heterocycles. The third kappa shape index (κ3) is 32.0. The van der Waals surface area contributed by atoms with Gasteiger partial charge in [0, 0.05) is 37.3 Å². The molecule has 0 radical (unpaired) electrons. The van der Waals surface area contributed by atoms with Gasteiger partial charge in [0.25, 0.3) is 0 Å². The summed E-state index contributed by atoms with van der Waals surface area (Å²) >= 11 is -3.69. The van der Waals surface area contributed by atoms with Crippen molar-refractivity contribution in [3.63, 3.8) is 0 Å².